The Hall–Kier alpha value is -4.53. The van der Waals surface area contributed by atoms with Crippen molar-refractivity contribution in [3.63, 3.8) is 0 Å². The number of anilines is 1. The lowest BCUT2D eigenvalue weighted by atomic mass is 9.97. The van der Waals surface area contributed by atoms with Crippen LogP contribution in [0.4, 0.5) is 5.69 Å². The van der Waals surface area contributed by atoms with Crippen LogP contribution in [0.2, 0.25) is 0 Å². The molecule has 0 bridgehead atoms. The van der Waals surface area contributed by atoms with Crippen molar-refractivity contribution in [3.05, 3.63) is 83.9 Å². The summed E-state index contributed by atoms with van der Waals surface area (Å²) in [4.78, 5) is 42.4. The molecular weight excluding hydrogens is 494 g/mol. The Bertz CT molecular complexity index is 1510. The van der Waals surface area contributed by atoms with Crippen LogP contribution >= 0.6 is 0 Å². The number of Topliss-reactive ketones (excluding diaryl/α,β-unsaturated/α-hetero) is 1. The largest absolute Gasteiger partial charge is 0.497 e. The number of methoxy groups -OCH3 is 1. The van der Waals surface area contributed by atoms with Crippen molar-refractivity contribution in [2.75, 3.05) is 12.0 Å². The van der Waals surface area contributed by atoms with Gasteiger partial charge < -0.3 is 10.1 Å². The number of fused-ring (bicyclic) bond motifs is 1. The second kappa shape index (κ2) is 11.5. The molecule has 1 heterocycles. The number of benzene rings is 3. The van der Waals surface area contributed by atoms with Crippen molar-refractivity contribution in [1.29, 1.82) is 0 Å². The molecule has 1 unspecified atom stereocenters. The molecule has 0 aliphatic heterocycles. The number of para-hydroxylation sites is 2. The van der Waals surface area contributed by atoms with Gasteiger partial charge in [0.2, 0.25) is 11.8 Å². The molecule has 0 saturated carbocycles. The fraction of sp³-hybridized carbons (Fsp3) is 0.300. The Morgan fingerprint density at radius 1 is 1.03 bits per heavy atom. The summed E-state index contributed by atoms with van der Waals surface area (Å²) < 4.78 is 6.93. The van der Waals surface area contributed by atoms with E-state index in [0.29, 0.717) is 40.0 Å². The summed E-state index contributed by atoms with van der Waals surface area (Å²) in [6.45, 7) is 7.06. The first kappa shape index (κ1) is 27.5. The van der Waals surface area contributed by atoms with Crippen LogP contribution in [-0.2, 0) is 16.1 Å². The molecule has 9 heteroatoms. The highest BCUT2D eigenvalue weighted by Crippen LogP contribution is 2.33. The van der Waals surface area contributed by atoms with Gasteiger partial charge in [0.05, 0.1) is 18.3 Å². The molecule has 0 spiro atoms. The molecule has 1 aromatic heterocycles. The molecule has 0 aliphatic carbocycles. The van der Waals surface area contributed by atoms with Gasteiger partial charge in [-0.2, -0.15) is 0 Å². The van der Waals surface area contributed by atoms with Gasteiger partial charge in [-0.15, -0.1) is 5.10 Å². The Morgan fingerprint density at radius 2 is 1.74 bits per heavy atom. The number of rotatable bonds is 10. The number of hydrogen-bond acceptors (Lipinski definition) is 6. The van der Waals surface area contributed by atoms with Crippen molar-refractivity contribution in [1.82, 2.24) is 20.3 Å². The lowest BCUT2D eigenvalue weighted by Crippen LogP contribution is -2.51. The zero-order valence-electron chi connectivity index (χ0n) is 22.8. The van der Waals surface area contributed by atoms with Crippen molar-refractivity contribution in [2.45, 2.75) is 52.2 Å². The fourth-order valence-corrected chi connectivity index (χ4v) is 4.36. The second-order valence-corrected chi connectivity index (χ2v) is 9.98. The van der Waals surface area contributed by atoms with E-state index in [2.05, 4.69) is 15.6 Å². The van der Waals surface area contributed by atoms with Crippen LogP contribution in [0.15, 0.2) is 72.8 Å². The molecule has 39 heavy (non-hydrogen) atoms. The third kappa shape index (κ3) is 5.98. The van der Waals surface area contributed by atoms with Crippen LogP contribution in [0.1, 0.15) is 56.1 Å². The molecule has 9 nitrogen and oxygen atoms in total. The van der Waals surface area contributed by atoms with Crippen LogP contribution < -0.4 is 15.0 Å². The van der Waals surface area contributed by atoms with E-state index in [-0.39, 0.29) is 18.2 Å². The van der Waals surface area contributed by atoms with Crippen LogP contribution in [0.3, 0.4) is 0 Å². The van der Waals surface area contributed by atoms with E-state index in [9.17, 15) is 14.4 Å². The molecular formula is C30H33N5O4. The predicted molar refractivity (Wildman–Crippen MR) is 150 cm³/mol. The van der Waals surface area contributed by atoms with Crippen LogP contribution in [-0.4, -0.2) is 45.2 Å². The number of aromatic nitrogens is 3. The highest BCUT2D eigenvalue weighted by molar-refractivity contribution is 6.08. The Kier molecular flexibility index (Phi) is 8.09. The molecule has 0 fully saturated rings. The number of hydrogen-bond donors (Lipinski definition) is 1. The van der Waals surface area contributed by atoms with E-state index in [1.165, 1.54) is 23.6 Å². The fourth-order valence-electron chi connectivity index (χ4n) is 4.36. The van der Waals surface area contributed by atoms with Crippen molar-refractivity contribution < 1.29 is 19.1 Å². The summed E-state index contributed by atoms with van der Waals surface area (Å²) >= 11 is 0. The average molecular weight is 528 g/mol. The number of nitrogens with zero attached hydrogens (tertiary/aromatic N) is 4. The van der Waals surface area contributed by atoms with Gasteiger partial charge in [-0.3, -0.25) is 19.3 Å². The smallest absolute Gasteiger partial charge is 0.249 e. The maximum absolute atomic E-state index is 14.3. The number of ether oxygens (including phenoxy) is 1. The maximum Gasteiger partial charge on any atom is 0.249 e. The summed E-state index contributed by atoms with van der Waals surface area (Å²) in [6.07, 6.45) is 0.673. The van der Waals surface area contributed by atoms with Gasteiger partial charge in [-0.05, 0) is 69.2 Å². The quantitative estimate of drug-likeness (QED) is 0.299. The van der Waals surface area contributed by atoms with Gasteiger partial charge in [0.15, 0.2) is 5.78 Å². The minimum atomic E-state index is -1.10. The van der Waals surface area contributed by atoms with Gasteiger partial charge in [0, 0.05) is 11.1 Å². The molecule has 4 aromatic rings. The summed E-state index contributed by atoms with van der Waals surface area (Å²) in [5, 5.41) is 11.4. The Labute approximate surface area is 227 Å². The molecule has 202 valence electrons. The van der Waals surface area contributed by atoms with Crippen LogP contribution in [0.5, 0.6) is 5.75 Å². The van der Waals surface area contributed by atoms with E-state index in [1.54, 1.807) is 48.5 Å². The van der Waals surface area contributed by atoms with E-state index in [4.69, 9.17) is 4.74 Å². The first-order valence-corrected chi connectivity index (χ1v) is 12.8. The minimum absolute atomic E-state index is 0.197. The number of carbonyl (C=O) groups is 3. The first-order valence-electron chi connectivity index (χ1n) is 12.8. The van der Waals surface area contributed by atoms with Crippen molar-refractivity contribution in [2.24, 2.45) is 0 Å². The second-order valence-electron chi connectivity index (χ2n) is 9.98. The van der Waals surface area contributed by atoms with Gasteiger partial charge in [-0.25, -0.2) is 4.68 Å². The molecule has 4 rings (SSSR count). The highest BCUT2D eigenvalue weighted by Gasteiger charge is 2.36. The third-order valence-corrected chi connectivity index (χ3v) is 6.78. The average Bonchev–Trinajstić information content (AvgIpc) is 3.33. The minimum Gasteiger partial charge on any atom is -0.497 e. The van der Waals surface area contributed by atoms with Gasteiger partial charge in [-0.1, -0.05) is 48.5 Å². The van der Waals surface area contributed by atoms with Crippen molar-refractivity contribution >= 4 is 34.3 Å². The monoisotopic (exact) mass is 527 g/mol. The van der Waals surface area contributed by atoms with Gasteiger partial charge >= 0.3 is 0 Å². The third-order valence-electron chi connectivity index (χ3n) is 6.78. The predicted octanol–water partition coefficient (Wildman–Crippen LogP) is 4.72. The number of ketones is 1. The molecule has 2 amide bonds. The lowest BCUT2D eigenvalue weighted by Gasteiger charge is -2.35. The van der Waals surface area contributed by atoms with Crippen LogP contribution in [0.25, 0.3) is 11.0 Å². The molecule has 3 aromatic carbocycles. The normalized spacial score (nSPS) is 12.1. The van der Waals surface area contributed by atoms with Crippen LogP contribution in [0, 0.1) is 0 Å². The molecule has 0 aliphatic rings. The summed E-state index contributed by atoms with van der Waals surface area (Å²) in [6, 6.07) is 20.1. The molecule has 1 N–H and O–H groups in total. The number of amides is 2. The van der Waals surface area contributed by atoms with Gasteiger partial charge in [0.25, 0.3) is 0 Å². The topological polar surface area (TPSA) is 106 Å². The highest BCUT2D eigenvalue weighted by atomic mass is 16.5. The standard InChI is InChI=1S/C30H33N5O4/c1-6-30(3,4)31-29(38)28(21-12-11-13-22(18-21)39-5)35(25-16-9-7-14-23(25)20(2)36)27(37)19-34-26-17-10-8-15-24(26)32-33-34/h7-18,28H,6,19H2,1-5H3,(H,31,38). The zero-order valence-corrected chi connectivity index (χ0v) is 22.8. The summed E-state index contributed by atoms with van der Waals surface area (Å²) in [5.41, 5.74) is 1.98. The van der Waals surface area contributed by atoms with Gasteiger partial charge in [0.1, 0.15) is 23.9 Å². The molecule has 0 radical (unpaired) electrons. The lowest BCUT2D eigenvalue weighted by molar-refractivity contribution is -0.128. The molecule has 0 saturated heterocycles. The number of nitrogens with one attached hydrogen (secondary N) is 1. The van der Waals surface area contributed by atoms with E-state index < -0.39 is 17.5 Å². The zero-order chi connectivity index (χ0) is 28.2. The van der Waals surface area contributed by atoms with E-state index in [1.807, 2.05) is 45.0 Å². The van der Waals surface area contributed by atoms with E-state index in [0.717, 1.165) is 0 Å². The SMILES string of the molecule is CCC(C)(C)NC(=O)C(c1cccc(OC)c1)N(C(=O)Cn1nnc2ccccc21)c1ccccc1C(C)=O. The first-order chi connectivity index (χ1) is 18.6. The van der Waals surface area contributed by atoms with Crippen molar-refractivity contribution in [3.8, 4) is 5.75 Å². The molecule has 1 atom stereocenters. The Balaban J connectivity index is 1.90. The maximum atomic E-state index is 14.3. The summed E-state index contributed by atoms with van der Waals surface area (Å²) in [7, 11) is 1.54. The van der Waals surface area contributed by atoms with E-state index >= 15 is 0 Å². The summed E-state index contributed by atoms with van der Waals surface area (Å²) in [5.74, 6) is -0.509. The Morgan fingerprint density at radius 3 is 2.46 bits per heavy atom. The number of carbonyl (C=O) groups excluding carboxylic acids is 3.